The SMILES string of the molecule is C#CC(CC)NC(=O)c1cc(N)c(C)s1. The van der Waals surface area contributed by atoms with E-state index in [1.54, 1.807) is 6.07 Å². The molecule has 1 aromatic heterocycles. The van der Waals surface area contributed by atoms with Crippen molar-refractivity contribution in [2.45, 2.75) is 26.3 Å². The van der Waals surface area contributed by atoms with Crippen LogP contribution in [0.5, 0.6) is 0 Å². The van der Waals surface area contributed by atoms with Crippen LogP contribution >= 0.6 is 11.3 Å². The largest absolute Gasteiger partial charge is 0.398 e. The zero-order chi connectivity index (χ0) is 11.4. The lowest BCUT2D eigenvalue weighted by molar-refractivity contribution is 0.0949. The number of hydrogen-bond donors (Lipinski definition) is 2. The molecule has 1 unspecified atom stereocenters. The van der Waals surface area contributed by atoms with E-state index in [1.807, 2.05) is 13.8 Å². The van der Waals surface area contributed by atoms with E-state index >= 15 is 0 Å². The van der Waals surface area contributed by atoms with Crippen LogP contribution in [0, 0.1) is 19.3 Å². The number of rotatable bonds is 3. The predicted octanol–water partition coefficient (Wildman–Crippen LogP) is 1.78. The van der Waals surface area contributed by atoms with Gasteiger partial charge < -0.3 is 11.1 Å². The minimum absolute atomic E-state index is 0.149. The van der Waals surface area contributed by atoms with Crippen LogP contribution in [-0.4, -0.2) is 11.9 Å². The summed E-state index contributed by atoms with van der Waals surface area (Å²) >= 11 is 1.38. The van der Waals surface area contributed by atoms with E-state index in [-0.39, 0.29) is 11.9 Å². The van der Waals surface area contributed by atoms with Crippen molar-refractivity contribution in [2.75, 3.05) is 5.73 Å². The van der Waals surface area contributed by atoms with Crippen LogP contribution in [0.1, 0.15) is 27.9 Å². The summed E-state index contributed by atoms with van der Waals surface area (Å²) in [6.07, 6.45) is 5.98. The Morgan fingerprint density at radius 3 is 2.87 bits per heavy atom. The molecule has 1 aromatic rings. The summed E-state index contributed by atoms with van der Waals surface area (Å²) in [6, 6.07) is 1.47. The topological polar surface area (TPSA) is 55.1 Å². The molecule has 0 bridgehead atoms. The van der Waals surface area contributed by atoms with Crippen molar-refractivity contribution >= 4 is 22.9 Å². The smallest absolute Gasteiger partial charge is 0.262 e. The van der Waals surface area contributed by atoms with Crippen molar-refractivity contribution in [1.82, 2.24) is 5.32 Å². The van der Waals surface area contributed by atoms with Crippen molar-refractivity contribution in [3.63, 3.8) is 0 Å². The number of carbonyl (C=O) groups excluding carboxylic acids is 1. The number of thiophene rings is 1. The maximum Gasteiger partial charge on any atom is 0.262 e. The molecule has 0 aromatic carbocycles. The summed E-state index contributed by atoms with van der Waals surface area (Å²) < 4.78 is 0. The molecule has 0 aliphatic rings. The van der Waals surface area contributed by atoms with Crippen molar-refractivity contribution in [3.8, 4) is 12.3 Å². The third kappa shape index (κ3) is 2.74. The van der Waals surface area contributed by atoms with Crippen LogP contribution in [0.2, 0.25) is 0 Å². The van der Waals surface area contributed by atoms with Gasteiger partial charge in [0.15, 0.2) is 0 Å². The van der Waals surface area contributed by atoms with Gasteiger partial charge >= 0.3 is 0 Å². The molecule has 3 N–H and O–H groups in total. The molecule has 3 nitrogen and oxygen atoms in total. The standard InChI is InChI=1S/C11H14N2OS/c1-4-8(5-2)13-11(14)10-6-9(12)7(3)15-10/h1,6,8H,5,12H2,2-3H3,(H,13,14). The minimum atomic E-state index is -0.207. The highest BCUT2D eigenvalue weighted by Gasteiger charge is 2.13. The molecule has 0 aliphatic heterocycles. The Hall–Kier alpha value is -1.47. The van der Waals surface area contributed by atoms with Gasteiger partial charge in [0.05, 0.1) is 10.9 Å². The monoisotopic (exact) mass is 222 g/mol. The van der Waals surface area contributed by atoms with Crippen LogP contribution in [0.15, 0.2) is 6.07 Å². The van der Waals surface area contributed by atoms with Gasteiger partial charge in [-0.05, 0) is 19.4 Å². The summed E-state index contributed by atoms with van der Waals surface area (Å²) in [5.74, 6) is 2.37. The third-order valence-corrected chi connectivity index (χ3v) is 3.16. The molecule has 4 heteroatoms. The maximum absolute atomic E-state index is 11.7. The molecule has 1 atom stereocenters. The molecule has 0 spiro atoms. The molecule has 0 saturated carbocycles. The van der Waals surface area contributed by atoms with Crippen molar-refractivity contribution in [1.29, 1.82) is 0 Å². The van der Waals surface area contributed by atoms with Crippen LogP contribution < -0.4 is 11.1 Å². The van der Waals surface area contributed by atoms with E-state index in [4.69, 9.17) is 12.2 Å². The van der Waals surface area contributed by atoms with Crippen molar-refractivity contribution in [3.05, 3.63) is 15.8 Å². The van der Waals surface area contributed by atoms with Gasteiger partial charge in [0.1, 0.15) is 0 Å². The summed E-state index contributed by atoms with van der Waals surface area (Å²) in [5, 5.41) is 2.75. The second-order valence-corrected chi connectivity index (χ2v) is 4.48. The average molecular weight is 222 g/mol. The second-order valence-electron chi connectivity index (χ2n) is 3.22. The number of amides is 1. The van der Waals surface area contributed by atoms with Gasteiger partial charge in [0, 0.05) is 10.6 Å². The first-order valence-corrected chi connectivity index (χ1v) is 5.53. The lowest BCUT2D eigenvalue weighted by atomic mass is 10.2. The first-order valence-electron chi connectivity index (χ1n) is 4.71. The summed E-state index contributed by atoms with van der Waals surface area (Å²) in [7, 11) is 0. The van der Waals surface area contributed by atoms with Gasteiger partial charge in [0.2, 0.25) is 0 Å². The Morgan fingerprint density at radius 1 is 1.80 bits per heavy atom. The molecule has 0 aliphatic carbocycles. The quantitative estimate of drug-likeness (QED) is 0.766. The molecule has 1 rings (SSSR count). The van der Waals surface area contributed by atoms with Crippen molar-refractivity contribution < 1.29 is 4.79 Å². The molecular formula is C11H14N2OS. The van der Waals surface area contributed by atoms with Gasteiger partial charge in [-0.25, -0.2) is 0 Å². The fourth-order valence-corrected chi connectivity index (χ4v) is 1.94. The van der Waals surface area contributed by atoms with Gasteiger partial charge in [-0.1, -0.05) is 12.8 Å². The number of nitrogen functional groups attached to an aromatic ring is 1. The van der Waals surface area contributed by atoms with Gasteiger partial charge in [-0.15, -0.1) is 17.8 Å². The number of anilines is 1. The lowest BCUT2D eigenvalue weighted by Crippen LogP contribution is -2.32. The lowest BCUT2D eigenvalue weighted by Gasteiger charge is -2.08. The zero-order valence-electron chi connectivity index (χ0n) is 8.83. The second kappa shape index (κ2) is 4.85. The summed E-state index contributed by atoms with van der Waals surface area (Å²) in [5.41, 5.74) is 6.32. The highest BCUT2D eigenvalue weighted by atomic mass is 32.1. The maximum atomic E-state index is 11.7. The van der Waals surface area contributed by atoms with E-state index in [9.17, 15) is 4.79 Å². The van der Waals surface area contributed by atoms with Crippen LogP contribution in [-0.2, 0) is 0 Å². The molecule has 0 saturated heterocycles. The Bertz CT molecular complexity index is 384. The Kier molecular flexibility index (Phi) is 3.75. The molecular weight excluding hydrogens is 208 g/mol. The van der Waals surface area contributed by atoms with E-state index < -0.39 is 0 Å². The fraction of sp³-hybridized carbons (Fsp3) is 0.364. The van der Waals surface area contributed by atoms with Crippen LogP contribution in [0.3, 0.4) is 0 Å². The average Bonchev–Trinajstić information content (AvgIpc) is 2.55. The van der Waals surface area contributed by atoms with Gasteiger partial charge in [-0.2, -0.15) is 0 Å². The number of nitrogens with one attached hydrogen (secondary N) is 1. The molecule has 15 heavy (non-hydrogen) atoms. The van der Waals surface area contributed by atoms with Gasteiger partial charge in [0.25, 0.3) is 5.91 Å². The number of aryl methyl sites for hydroxylation is 1. The first kappa shape index (κ1) is 11.6. The van der Waals surface area contributed by atoms with E-state index in [0.717, 1.165) is 11.3 Å². The van der Waals surface area contributed by atoms with Crippen molar-refractivity contribution in [2.24, 2.45) is 0 Å². The number of nitrogens with two attached hydrogens (primary N) is 1. The molecule has 80 valence electrons. The zero-order valence-corrected chi connectivity index (χ0v) is 9.65. The fourth-order valence-electron chi connectivity index (χ4n) is 1.10. The Labute approximate surface area is 93.7 Å². The highest BCUT2D eigenvalue weighted by molar-refractivity contribution is 7.14. The normalized spacial score (nSPS) is 11.8. The van der Waals surface area contributed by atoms with Crippen LogP contribution in [0.4, 0.5) is 5.69 Å². The van der Waals surface area contributed by atoms with Crippen LogP contribution in [0.25, 0.3) is 0 Å². The molecule has 1 amide bonds. The minimum Gasteiger partial charge on any atom is -0.398 e. The van der Waals surface area contributed by atoms with E-state index in [1.165, 1.54) is 11.3 Å². The number of hydrogen-bond acceptors (Lipinski definition) is 3. The third-order valence-electron chi connectivity index (χ3n) is 2.09. The van der Waals surface area contributed by atoms with Gasteiger partial charge in [-0.3, -0.25) is 4.79 Å². The number of carbonyl (C=O) groups is 1. The Balaban J connectivity index is 2.74. The first-order chi connectivity index (χ1) is 7.08. The number of terminal acetylenes is 1. The molecule has 0 fully saturated rings. The van der Waals surface area contributed by atoms with E-state index in [2.05, 4.69) is 11.2 Å². The molecule has 0 radical (unpaired) electrons. The summed E-state index contributed by atoms with van der Waals surface area (Å²) in [4.78, 5) is 13.2. The predicted molar refractivity (Wildman–Crippen MR) is 63.8 cm³/mol. The highest BCUT2D eigenvalue weighted by Crippen LogP contribution is 2.23. The summed E-state index contributed by atoms with van der Waals surface area (Å²) in [6.45, 7) is 3.81. The Morgan fingerprint density at radius 2 is 2.47 bits per heavy atom. The van der Waals surface area contributed by atoms with E-state index in [0.29, 0.717) is 10.6 Å². The molecule has 1 heterocycles.